The van der Waals surface area contributed by atoms with Crippen molar-refractivity contribution in [3.05, 3.63) is 112 Å². The number of fused-ring (bicyclic) bond motifs is 4. The lowest BCUT2D eigenvalue weighted by molar-refractivity contribution is -0.162. The number of hydrogen-bond donors (Lipinski definition) is 2. The quantitative estimate of drug-likeness (QED) is 0.110. The van der Waals surface area contributed by atoms with Gasteiger partial charge in [-0.25, -0.2) is 9.59 Å². The molecule has 2 fully saturated rings. The lowest BCUT2D eigenvalue weighted by Crippen LogP contribution is -2.43. The number of aliphatic carboxylic acids is 1. The number of esters is 1. The molecule has 11 heteroatoms. The van der Waals surface area contributed by atoms with Crippen LogP contribution in [0.4, 0.5) is 11.4 Å². The first-order valence-corrected chi connectivity index (χ1v) is 18.8. The molecule has 3 heterocycles. The number of piperidine rings is 1. The first kappa shape index (κ1) is 37.6. The molecule has 5 atom stereocenters. The van der Waals surface area contributed by atoms with Crippen molar-refractivity contribution in [1.82, 2.24) is 4.90 Å². The van der Waals surface area contributed by atoms with Gasteiger partial charge in [-0.3, -0.25) is 0 Å². The van der Waals surface area contributed by atoms with Gasteiger partial charge in [0.2, 0.25) is 0 Å². The molecule has 4 aromatic rings. The van der Waals surface area contributed by atoms with Crippen molar-refractivity contribution in [2.75, 3.05) is 31.7 Å². The van der Waals surface area contributed by atoms with Gasteiger partial charge in [0, 0.05) is 25.1 Å². The fourth-order valence-electron chi connectivity index (χ4n) is 7.15. The molecule has 3 unspecified atom stereocenters. The number of ether oxygens (including phenoxy) is 4. The van der Waals surface area contributed by atoms with Gasteiger partial charge in [-0.2, -0.15) is 0 Å². The number of carbonyl (C=O) groups is 2. The Morgan fingerprint density at radius 1 is 0.904 bits per heavy atom. The van der Waals surface area contributed by atoms with E-state index in [2.05, 4.69) is 39.4 Å². The van der Waals surface area contributed by atoms with Crippen LogP contribution in [0.25, 0.3) is 0 Å². The number of nitrogens with zero attached hydrogens (tertiary/aromatic N) is 2. The summed E-state index contributed by atoms with van der Waals surface area (Å²) >= 11 is 2.22. The lowest BCUT2D eigenvalue weighted by atomic mass is 10.0. The second kappa shape index (κ2) is 17.6. The van der Waals surface area contributed by atoms with E-state index in [1.54, 1.807) is 19.1 Å². The minimum atomic E-state index is -1.17. The van der Waals surface area contributed by atoms with E-state index in [1.165, 1.54) is 12.8 Å². The summed E-state index contributed by atoms with van der Waals surface area (Å²) in [6.45, 7) is 3.29. The number of carboxylic acid groups (broad SMARTS) is 1. The van der Waals surface area contributed by atoms with Crippen LogP contribution in [0.5, 0.6) is 17.2 Å². The van der Waals surface area contributed by atoms with Gasteiger partial charge >= 0.3 is 11.9 Å². The summed E-state index contributed by atoms with van der Waals surface area (Å²) in [7, 11) is 2.15. The van der Waals surface area contributed by atoms with Crippen LogP contribution < -0.4 is 14.4 Å². The van der Waals surface area contributed by atoms with E-state index in [4.69, 9.17) is 18.9 Å². The number of anilines is 2. The Kier molecular flexibility index (Phi) is 12.7. The summed E-state index contributed by atoms with van der Waals surface area (Å²) in [6.07, 6.45) is 2.42. The highest BCUT2D eigenvalue weighted by Crippen LogP contribution is 2.46. The number of carbonyl (C=O) groups excluding carboxylic acids is 1. The van der Waals surface area contributed by atoms with Crippen molar-refractivity contribution < 1.29 is 38.7 Å². The third-order valence-electron chi connectivity index (χ3n) is 9.84. The van der Waals surface area contributed by atoms with E-state index in [9.17, 15) is 19.8 Å². The maximum Gasteiger partial charge on any atom is 0.339 e. The van der Waals surface area contributed by atoms with Gasteiger partial charge in [-0.1, -0.05) is 60.7 Å². The van der Waals surface area contributed by atoms with Crippen LogP contribution in [0.3, 0.4) is 0 Å². The van der Waals surface area contributed by atoms with Crippen molar-refractivity contribution >= 4 is 45.9 Å². The zero-order valence-electron chi connectivity index (χ0n) is 29.4. The molecule has 0 saturated carbocycles. The van der Waals surface area contributed by atoms with Gasteiger partial charge in [0.25, 0.3) is 0 Å². The van der Waals surface area contributed by atoms with Crippen LogP contribution in [-0.4, -0.2) is 78.1 Å². The lowest BCUT2D eigenvalue weighted by Gasteiger charge is -2.36. The second-order valence-corrected chi connectivity index (χ2v) is 14.3. The predicted octanol–water partition coefficient (Wildman–Crippen LogP) is 7.53. The average molecular weight is 821 g/mol. The Bertz CT molecular complexity index is 1760. The van der Waals surface area contributed by atoms with Crippen LogP contribution >= 0.6 is 22.6 Å². The molecule has 2 saturated heterocycles. The number of aliphatic hydroxyl groups excluding tert-OH is 1. The fraction of sp³-hybridized carbons (Fsp3) is 0.366. The molecule has 274 valence electrons. The zero-order valence-corrected chi connectivity index (χ0v) is 31.6. The minimum absolute atomic E-state index is 0.0467. The first-order chi connectivity index (χ1) is 25.2. The van der Waals surface area contributed by atoms with Crippen LogP contribution in [0, 0.1) is 3.57 Å². The Labute approximate surface area is 318 Å². The van der Waals surface area contributed by atoms with Crippen molar-refractivity contribution in [3.63, 3.8) is 0 Å². The SMILES string of the molecule is CCOC(Cc1ccc(OCCN2c3ccccc3Oc3ccccc32)c(I)c1)C(=O)O.CN1[C@@H]2CC[C@H]1CC(OC(=O)C(O)c1ccccc1)C2. The third-order valence-corrected chi connectivity index (χ3v) is 10.7. The highest BCUT2D eigenvalue weighted by atomic mass is 127. The summed E-state index contributed by atoms with van der Waals surface area (Å²) in [5.41, 5.74) is 3.51. The number of para-hydroxylation sites is 4. The number of benzene rings is 4. The van der Waals surface area contributed by atoms with E-state index in [-0.39, 0.29) is 6.10 Å². The highest BCUT2D eigenvalue weighted by molar-refractivity contribution is 14.1. The number of carboxylic acids is 1. The Morgan fingerprint density at radius 3 is 2.12 bits per heavy atom. The second-order valence-electron chi connectivity index (χ2n) is 13.2. The standard InChI is InChI=1S/C25H24INO5.C16H21NO3/c1-2-30-24(25(28)29)16-17-11-12-21(18(26)15-17)31-14-13-27-19-7-3-5-9-22(19)32-23-10-6-4-8-20(23)27;1-17-12-7-8-13(17)10-14(9-12)20-16(19)15(18)11-5-3-2-4-6-11/h3-12,15,24H,2,13-14,16H2,1H3,(H,28,29);2-6,12-15,18H,7-10H2,1H3/t;12-,13+,14?,15?. The number of rotatable bonds is 12. The largest absolute Gasteiger partial charge is 0.491 e. The van der Waals surface area contributed by atoms with Crippen LogP contribution in [0.15, 0.2) is 97.1 Å². The van der Waals surface area contributed by atoms with E-state index in [1.807, 2.05) is 84.9 Å². The average Bonchev–Trinajstić information content (AvgIpc) is 3.34. The van der Waals surface area contributed by atoms with Crippen LogP contribution in [0.1, 0.15) is 49.8 Å². The molecule has 3 aliphatic heterocycles. The molecular formula is C41H45IN2O8. The molecule has 0 aliphatic carbocycles. The number of halogens is 1. The molecule has 52 heavy (non-hydrogen) atoms. The van der Waals surface area contributed by atoms with Gasteiger partial charge < -0.3 is 39.0 Å². The molecule has 4 aromatic carbocycles. The molecule has 2 bridgehead atoms. The molecule has 10 nitrogen and oxygen atoms in total. The van der Waals surface area contributed by atoms with Gasteiger partial charge in [0.1, 0.15) is 18.5 Å². The fourth-order valence-corrected chi connectivity index (χ4v) is 7.88. The van der Waals surface area contributed by atoms with Gasteiger partial charge in [-0.15, -0.1) is 0 Å². The molecule has 7 rings (SSSR count). The smallest absolute Gasteiger partial charge is 0.339 e. The summed E-state index contributed by atoms with van der Waals surface area (Å²) in [4.78, 5) is 28.0. The molecule has 0 aromatic heterocycles. The third kappa shape index (κ3) is 9.06. The zero-order chi connectivity index (χ0) is 36.6. The highest BCUT2D eigenvalue weighted by Gasteiger charge is 2.40. The summed E-state index contributed by atoms with van der Waals surface area (Å²) in [5, 5.41) is 19.3. The number of hydrogen-bond acceptors (Lipinski definition) is 9. The van der Waals surface area contributed by atoms with Gasteiger partial charge in [-0.05, 0) is 110 Å². The monoisotopic (exact) mass is 820 g/mol. The van der Waals surface area contributed by atoms with E-state index in [0.29, 0.717) is 43.8 Å². The molecule has 0 amide bonds. The first-order valence-electron chi connectivity index (χ1n) is 17.8. The Morgan fingerprint density at radius 2 is 1.52 bits per heavy atom. The summed E-state index contributed by atoms with van der Waals surface area (Å²) in [6, 6.07) is 31.7. The van der Waals surface area contributed by atoms with E-state index < -0.39 is 24.1 Å². The number of aliphatic hydroxyl groups is 1. The van der Waals surface area contributed by atoms with E-state index in [0.717, 1.165) is 50.6 Å². The van der Waals surface area contributed by atoms with Crippen molar-refractivity contribution in [3.8, 4) is 17.2 Å². The van der Waals surface area contributed by atoms with Crippen molar-refractivity contribution in [2.45, 2.75) is 69.4 Å². The minimum Gasteiger partial charge on any atom is -0.491 e. The predicted molar refractivity (Wildman–Crippen MR) is 206 cm³/mol. The Hall–Kier alpha value is -4.17. The summed E-state index contributed by atoms with van der Waals surface area (Å²) < 4.78 is 23.9. The van der Waals surface area contributed by atoms with Crippen LogP contribution in [0.2, 0.25) is 0 Å². The molecule has 0 radical (unpaired) electrons. The summed E-state index contributed by atoms with van der Waals surface area (Å²) in [5.74, 6) is 0.950. The van der Waals surface area contributed by atoms with Gasteiger partial charge in [0.05, 0.1) is 21.5 Å². The maximum absolute atomic E-state index is 12.0. The molecule has 3 aliphatic rings. The topological polar surface area (TPSA) is 118 Å². The van der Waals surface area contributed by atoms with Crippen LogP contribution in [-0.2, 0) is 25.5 Å². The maximum atomic E-state index is 12.0. The molecule has 0 spiro atoms. The molecular weight excluding hydrogens is 775 g/mol. The Balaban J connectivity index is 0.000000198. The van der Waals surface area contributed by atoms with Crippen molar-refractivity contribution in [2.24, 2.45) is 0 Å². The normalized spacial score (nSPS) is 19.9. The molecule has 2 N–H and O–H groups in total. The van der Waals surface area contributed by atoms with Crippen molar-refractivity contribution in [1.29, 1.82) is 0 Å². The van der Waals surface area contributed by atoms with Gasteiger partial charge in [0.15, 0.2) is 23.7 Å². The van der Waals surface area contributed by atoms with E-state index >= 15 is 0 Å².